The molecule has 0 bridgehead atoms. The van der Waals surface area contributed by atoms with E-state index in [0.29, 0.717) is 5.56 Å². The van der Waals surface area contributed by atoms with Gasteiger partial charge in [-0.1, -0.05) is 36.4 Å². The average Bonchev–Trinajstić information content (AvgIpc) is 2.71. The van der Waals surface area contributed by atoms with Crippen LogP contribution in [0.2, 0.25) is 0 Å². The Morgan fingerprint density at radius 2 is 1.39 bits per heavy atom. The SMILES string of the molecule is Oc1cccc(-c2c(-c3cccc(C(F)(F)F)c3)cnc3c(C(F)(F)F)cccc23)c1. The van der Waals surface area contributed by atoms with Crippen molar-refractivity contribution in [3.8, 4) is 28.0 Å². The number of aromatic nitrogens is 1. The van der Waals surface area contributed by atoms with Gasteiger partial charge in [0.1, 0.15) is 5.75 Å². The van der Waals surface area contributed by atoms with E-state index >= 15 is 0 Å². The minimum absolute atomic E-state index is 0.107. The van der Waals surface area contributed by atoms with Gasteiger partial charge in [-0.25, -0.2) is 0 Å². The van der Waals surface area contributed by atoms with Crippen LogP contribution in [0.25, 0.3) is 33.2 Å². The van der Waals surface area contributed by atoms with Crippen LogP contribution in [0.3, 0.4) is 0 Å². The molecule has 0 atom stereocenters. The Balaban J connectivity index is 2.09. The zero-order valence-corrected chi connectivity index (χ0v) is 15.6. The van der Waals surface area contributed by atoms with E-state index < -0.39 is 23.5 Å². The van der Waals surface area contributed by atoms with Gasteiger partial charge in [0, 0.05) is 22.7 Å². The summed E-state index contributed by atoms with van der Waals surface area (Å²) in [7, 11) is 0. The number of benzene rings is 3. The maximum absolute atomic E-state index is 13.5. The van der Waals surface area contributed by atoms with Crippen LogP contribution in [0.1, 0.15) is 11.1 Å². The van der Waals surface area contributed by atoms with E-state index in [1.807, 2.05) is 0 Å². The minimum Gasteiger partial charge on any atom is -0.508 e. The number of alkyl halides is 6. The van der Waals surface area contributed by atoms with E-state index in [4.69, 9.17) is 0 Å². The number of para-hydroxylation sites is 1. The fourth-order valence-electron chi connectivity index (χ4n) is 3.51. The Morgan fingerprint density at radius 3 is 2.06 bits per heavy atom. The standard InChI is InChI=1S/C23H13F6NO/c24-22(25,26)15-6-1-4-13(10-15)18-12-30-21-17(8-3-9-19(21)23(27,28)29)20(18)14-5-2-7-16(31)11-14/h1-12,31H. The zero-order valence-electron chi connectivity index (χ0n) is 15.6. The molecule has 0 saturated heterocycles. The first-order valence-corrected chi connectivity index (χ1v) is 9.01. The molecule has 0 amide bonds. The minimum atomic E-state index is -4.67. The first-order chi connectivity index (χ1) is 14.6. The Kier molecular flexibility index (Phi) is 4.88. The van der Waals surface area contributed by atoms with E-state index in [-0.39, 0.29) is 33.3 Å². The average molecular weight is 433 g/mol. The Morgan fingerprint density at radius 1 is 0.710 bits per heavy atom. The van der Waals surface area contributed by atoms with Crippen LogP contribution in [0, 0.1) is 0 Å². The van der Waals surface area contributed by atoms with Gasteiger partial charge in [-0.3, -0.25) is 4.98 Å². The van der Waals surface area contributed by atoms with E-state index in [1.165, 1.54) is 42.5 Å². The molecule has 1 aromatic heterocycles. The van der Waals surface area contributed by atoms with Crippen LogP contribution in [0.5, 0.6) is 5.75 Å². The van der Waals surface area contributed by atoms with Gasteiger partial charge in [-0.15, -0.1) is 0 Å². The second kappa shape index (κ2) is 7.30. The lowest BCUT2D eigenvalue weighted by molar-refractivity contribution is -0.138. The third-order valence-electron chi connectivity index (χ3n) is 4.84. The molecular weight excluding hydrogens is 420 g/mol. The maximum atomic E-state index is 13.5. The van der Waals surface area contributed by atoms with Crippen molar-refractivity contribution in [2.45, 2.75) is 12.4 Å². The number of phenolic OH excluding ortho intramolecular Hbond substituents is 1. The van der Waals surface area contributed by atoms with E-state index in [9.17, 15) is 31.4 Å². The monoisotopic (exact) mass is 433 g/mol. The topological polar surface area (TPSA) is 33.1 Å². The van der Waals surface area contributed by atoms with Crippen LogP contribution in [-0.4, -0.2) is 10.1 Å². The van der Waals surface area contributed by atoms with Gasteiger partial charge < -0.3 is 5.11 Å². The molecule has 8 heteroatoms. The van der Waals surface area contributed by atoms with Crippen molar-refractivity contribution >= 4 is 10.9 Å². The summed E-state index contributed by atoms with van der Waals surface area (Å²) >= 11 is 0. The summed E-state index contributed by atoms with van der Waals surface area (Å²) in [5.41, 5.74) is -1.24. The van der Waals surface area contributed by atoms with Gasteiger partial charge in [-0.2, -0.15) is 26.3 Å². The quantitative estimate of drug-likeness (QED) is 0.336. The Labute approximate surface area is 172 Å². The second-order valence-electron chi connectivity index (χ2n) is 6.88. The molecule has 0 spiro atoms. The van der Waals surface area contributed by atoms with Gasteiger partial charge >= 0.3 is 12.4 Å². The van der Waals surface area contributed by atoms with Gasteiger partial charge in [0.15, 0.2) is 0 Å². The number of hydrogen-bond donors (Lipinski definition) is 1. The summed E-state index contributed by atoms with van der Waals surface area (Å²) in [6.07, 6.45) is -8.12. The van der Waals surface area contributed by atoms with Crippen LogP contribution < -0.4 is 0 Å². The summed E-state index contributed by atoms with van der Waals surface area (Å²) in [4.78, 5) is 3.96. The second-order valence-corrected chi connectivity index (χ2v) is 6.88. The van der Waals surface area contributed by atoms with Crippen molar-refractivity contribution in [2.24, 2.45) is 0 Å². The highest BCUT2D eigenvalue weighted by Crippen LogP contribution is 2.42. The molecule has 1 heterocycles. The number of halogens is 6. The molecule has 158 valence electrons. The predicted octanol–water partition coefficient (Wildman–Crippen LogP) is 7.31. The molecule has 0 fully saturated rings. The van der Waals surface area contributed by atoms with E-state index in [0.717, 1.165) is 24.4 Å². The molecule has 0 unspecified atom stereocenters. The third-order valence-corrected chi connectivity index (χ3v) is 4.84. The molecule has 0 saturated carbocycles. The normalized spacial score (nSPS) is 12.3. The van der Waals surface area contributed by atoms with Crippen molar-refractivity contribution in [3.63, 3.8) is 0 Å². The van der Waals surface area contributed by atoms with Crippen LogP contribution in [-0.2, 0) is 12.4 Å². The van der Waals surface area contributed by atoms with Crippen molar-refractivity contribution in [3.05, 3.63) is 84.1 Å². The molecule has 4 rings (SSSR count). The summed E-state index contributed by atoms with van der Waals surface area (Å²) in [5.74, 6) is -0.135. The smallest absolute Gasteiger partial charge is 0.418 e. The number of nitrogens with zero attached hydrogens (tertiary/aromatic N) is 1. The van der Waals surface area contributed by atoms with Crippen molar-refractivity contribution in [2.75, 3.05) is 0 Å². The molecule has 4 aromatic rings. The summed E-state index contributed by atoms with van der Waals surface area (Å²) < 4.78 is 80.2. The van der Waals surface area contributed by atoms with Crippen LogP contribution in [0.4, 0.5) is 26.3 Å². The molecule has 31 heavy (non-hydrogen) atoms. The van der Waals surface area contributed by atoms with E-state index in [1.54, 1.807) is 6.07 Å². The van der Waals surface area contributed by atoms with Crippen molar-refractivity contribution in [1.29, 1.82) is 0 Å². The van der Waals surface area contributed by atoms with E-state index in [2.05, 4.69) is 4.98 Å². The van der Waals surface area contributed by atoms with Crippen molar-refractivity contribution in [1.82, 2.24) is 4.98 Å². The largest absolute Gasteiger partial charge is 0.508 e. The first kappa shape index (κ1) is 20.7. The Hall–Kier alpha value is -3.55. The lowest BCUT2D eigenvalue weighted by Gasteiger charge is -2.17. The maximum Gasteiger partial charge on any atom is 0.418 e. The van der Waals surface area contributed by atoms with Gasteiger partial charge in [0.25, 0.3) is 0 Å². The lowest BCUT2D eigenvalue weighted by atomic mass is 9.91. The molecule has 0 aliphatic carbocycles. The van der Waals surface area contributed by atoms with Crippen LogP contribution >= 0.6 is 0 Å². The number of rotatable bonds is 2. The number of aromatic hydroxyl groups is 1. The molecule has 1 N–H and O–H groups in total. The fourth-order valence-corrected chi connectivity index (χ4v) is 3.51. The number of phenols is 1. The molecular formula is C23H13F6NO. The molecule has 3 aromatic carbocycles. The molecule has 0 aliphatic heterocycles. The van der Waals surface area contributed by atoms with Crippen LogP contribution in [0.15, 0.2) is 72.9 Å². The molecule has 2 nitrogen and oxygen atoms in total. The zero-order chi connectivity index (χ0) is 22.4. The lowest BCUT2D eigenvalue weighted by Crippen LogP contribution is -2.07. The Bertz CT molecular complexity index is 1280. The molecule has 0 radical (unpaired) electrons. The summed E-state index contributed by atoms with van der Waals surface area (Å²) in [5, 5.41) is 10.0. The highest BCUT2D eigenvalue weighted by molar-refractivity contribution is 6.03. The first-order valence-electron chi connectivity index (χ1n) is 9.01. The summed E-state index contributed by atoms with van der Waals surface area (Å²) in [6, 6.07) is 13.8. The molecule has 0 aliphatic rings. The van der Waals surface area contributed by atoms with Crippen molar-refractivity contribution < 1.29 is 31.4 Å². The number of fused-ring (bicyclic) bond motifs is 1. The predicted molar refractivity (Wildman–Crippen MR) is 104 cm³/mol. The third kappa shape index (κ3) is 3.93. The highest BCUT2D eigenvalue weighted by Gasteiger charge is 2.34. The van der Waals surface area contributed by atoms with Gasteiger partial charge in [0.2, 0.25) is 0 Å². The van der Waals surface area contributed by atoms with Gasteiger partial charge in [-0.05, 0) is 41.5 Å². The van der Waals surface area contributed by atoms with Gasteiger partial charge in [0.05, 0.1) is 16.6 Å². The highest BCUT2D eigenvalue weighted by atomic mass is 19.4. The fraction of sp³-hybridized carbons (Fsp3) is 0.0870. The number of hydrogen-bond acceptors (Lipinski definition) is 2. The number of pyridine rings is 1. The summed E-state index contributed by atoms with van der Waals surface area (Å²) in [6.45, 7) is 0.